The van der Waals surface area contributed by atoms with Gasteiger partial charge in [0.1, 0.15) is 17.4 Å². The average molecular weight is 233 g/mol. The van der Waals surface area contributed by atoms with Crippen molar-refractivity contribution in [2.75, 3.05) is 5.88 Å². The fourth-order valence-electron chi connectivity index (χ4n) is 1.24. The van der Waals surface area contributed by atoms with E-state index in [2.05, 4.69) is 0 Å². The lowest BCUT2D eigenvalue weighted by molar-refractivity contribution is -0.118. The fraction of sp³-hybridized carbons (Fsp3) is 0.364. The number of benzene rings is 1. The van der Waals surface area contributed by atoms with Crippen LogP contribution < -0.4 is 0 Å². The van der Waals surface area contributed by atoms with Gasteiger partial charge >= 0.3 is 0 Å². The Labute approximate surface area is 92.1 Å². The number of rotatable bonds is 5. The summed E-state index contributed by atoms with van der Waals surface area (Å²) in [4.78, 5) is 11.3. The van der Waals surface area contributed by atoms with Crippen molar-refractivity contribution in [3.8, 4) is 0 Å². The van der Waals surface area contributed by atoms with Gasteiger partial charge in [-0.05, 0) is 30.2 Å². The summed E-state index contributed by atoms with van der Waals surface area (Å²) in [6, 6.07) is 3.11. The van der Waals surface area contributed by atoms with E-state index in [0.717, 1.165) is 18.2 Å². The van der Waals surface area contributed by atoms with Crippen molar-refractivity contribution < 1.29 is 13.6 Å². The predicted molar refractivity (Wildman–Crippen MR) is 55.0 cm³/mol. The zero-order valence-electron chi connectivity index (χ0n) is 8.10. The lowest BCUT2D eigenvalue weighted by Crippen LogP contribution is -2.05. The standard InChI is InChI=1S/C11H11ClF2O/c12-5-1-2-10(15)7-8-6-9(13)3-4-11(8)14/h3-4,6H,1-2,5,7H2. The molecule has 0 spiro atoms. The molecule has 0 radical (unpaired) electrons. The molecule has 0 aromatic heterocycles. The van der Waals surface area contributed by atoms with Crippen LogP contribution in [-0.4, -0.2) is 11.7 Å². The number of carbonyl (C=O) groups excluding carboxylic acids is 1. The van der Waals surface area contributed by atoms with Crippen molar-refractivity contribution in [2.45, 2.75) is 19.3 Å². The molecule has 0 saturated carbocycles. The quantitative estimate of drug-likeness (QED) is 0.713. The van der Waals surface area contributed by atoms with Crippen LogP contribution in [0, 0.1) is 11.6 Å². The van der Waals surface area contributed by atoms with Crippen LogP contribution in [0.5, 0.6) is 0 Å². The molecule has 1 rings (SSSR count). The zero-order chi connectivity index (χ0) is 11.3. The van der Waals surface area contributed by atoms with Gasteiger partial charge in [-0.15, -0.1) is 11.6 Å². The summed E-state index contributed by atoms with van der Waals surface area (Å²) in [7, 11) is 0. The van der Waals surface area contributed by atoms with Crippen LogP contribution in [-0.2, 0) is 11.2 Å². The molecule has 0 atom stereocenters. The smallest absolute Gasteiger partial charge is 0.137 e. The summed E-state index contributed by atoms with van der Waals surface area (Å²) in [5.74, 6) is -0.801. The number of ketones is 1. The summed E-state index contributed by atoms with van der Waals surface area (Å²) >= 11 is 5.42. The Morgan fingerprint density at radius 3 is 2.73 bits per heavy atom. The van der Waals surface area contributed by atoms with Crippen LogP contribution in [0.4, 0.5) is 8.78 Å². The lowest BCUT2D eigenvalue weighted by atomic mass is 10.1. The van der Waals surface area contributed by atoms with Gasteiger partial charge in [-0.25, -0.2) is 8.78 Å². The number of hydrogen-bond acceptors (Lipinski definition) is 1. The van der Waals surface area contributed by atoms with Crippen molar-refractivity contribution >= 4 is 17.4 Å². The molecule has 0 unspecified atom stereocenters. The van der Waals surface area contributed by atoms with E-state index in [4.69, 9.17) is 11.6 Å². The van der Waals surface area contributed by atoms with E-state index in [9.17, 15) is 13.6 Å². The Morgan fingerprint density at radius 2 is 2.07 bits per heavy atom. The zero-order valence-corrected chi connectivity index (χ0v) is 8.86. The molecular formula is C11H11ClF2O. The molecule has 0 bridgehead atoms. The van der Waals surface area contributed by atoms with E-state index < -0.39 is 11.6 Å². The highest BCUT2D eigenvalue weighted by Gasteiger charge is 2.08. The van der Waals surface area contributed by atoms with Crippen LogP contribution >= 0.6 is 11.6 Å². The van der Waals surface area contributed by atoms with Crippen LogP contribution in [0.2, 0.25) is 0 Å². The molecule has 0 fully saturated rings. The summed E-state index contributed by atoms with van der Waals surface area (Å²) < 4.78 is 25.9. The second-order valence-electron chi connectivity index (χ2n) is 3.24. The van der Waals surface area contributed by atoms with Crippen LogP contribution in [0.3, 0.4) is 0 Å². The molecule has 1 nitrogen and oxygen atoms in total. The number of alkyl halides is 1. The van der Waals surface area contributed by atoms with Gasteiger partial charge in [0.2, 0.25) is 0 Å². The van der Waals surface area contributed by atoms with Crippen LogP contribution in [0.1, 0.15) is 18.4 Å². The minimum atomic E-state index is -0.546. The topological polar surface area (TPSA) is 17.1 Å². The first-order valence-corrected chi connectivity index (χ1v) is 5.18. The maximum Gasteiger partial charge on any atom is 0.137 e. The predicted octanol–water partition coefficient (Wildman–Crippen LogP) is 3.10. The van der Waals surface area contributed by atoms with Crippen molar-refractivity contribution in [1.82, 2.24) is 0 Å². The second-order valence-corrected chi connectivity index (χ2v) is 3.62. The molecule has 0 amide bonds. The van der Waals surface area contributed by atoms with Crippen LogP contribution in [0.15, 0.2) is 18.2 Å². The SMILES string of the molecule is O=C(CCCCl)Cc1cc(F)ccc1F. The van der Waals surface area contributed by atoms with Gasteiger partial charge in [-0.3, -0.25) is 4.79 Å². The lowest BCUT2D eigenvalue weighted by Gasteiger charge is -2.02. The largest absolute Gasteiger partial charge is 0.299 e. The first-order chi connectivity index (χ1) is 7.13. The first kappa shape index (κ1) is 12.1. The summed E-state index contributed by atoms with van der Waals surface area (Å²) in [5.41, 5.74) is 0.106. The third-order valence-corrected chi connectivity index (χ3v) is 2.25. The maximum absolute atomic E-state index is 13.1. The Kier molecular flexibility index (Phi) is 4.69. The molecule has 0 N–H and O–H groups in total. The summed E-state index contributed by atoms with van der Waals surface area (Å²) in [6.45, 7) is 0. The van der Waals surface area contributed by atoms with E-state index in [1.807, 2.05) is 0 Å². The van der Waals surface area contributed by atoms with E-state index >= 15 is 0 Å². The number of hydrogen-bond donors (Lipinski definition) is 0. The van der Waals surface area contributed by atoms with Gasteiger partial charge < -0.3 is 0 Å². The number of Topliss-reactive ketones (excluding diaryl/α,β-unsaturated/α-hetero) is 1. The number of halogens is 3. The van der Waals surface area contributed by atoms with Gasteiger partial charge in [0.15, 0.2) is 0 Å². The molecule has 4 heteroatoms. The Bertz CT molecular complexity index is 352. The Balaban J connectivity index is 2.63. The van der Waals surface area contributed by atoms with Gasteiger partial charge in [-0.2, -0.15) is 0 Å². The molecule has 15 heavy (non-hydrogen) atoms. The van der Waals surface area contributed by atoms with Crippen molar-refractivity contribution in [3.63, 3.8) is 0 Å². The van der Waals surface area contributed by atoms with Gasteiger partial charge in [0.25, 0.3) is 0 Å². The molecule has 0 aliphatic rings. The molecular weight excluding hydrogens is 222 g/mol. The fourth-order valence-corrected chi connectivity index (χ4v) is 1.38. The van der Waals surface area contributed by atoms with Crippen molar-refractivity contribution in [2.24, 2.45) is 0 Å². The van der Waals surface area contributed by atoms with E-state index in [-0.39, 0.29) is 17.8 Å². The molecule has 0 aliphatic heterocycles. The van der Waals surface area contributed by atoms with Gasteiger partial charge in [0, 0.05) is 18.7 Å². The third kappa shape index (κ3) is 3.96. The van der Waals surface area contributed by atoms with Gasteiger partial charge in [-0.1, -0.05) is 0 Å². The molecule has 0 aliphatic carbocycles. The molecule has 1 aromatic carbocycles. The van der Waals surface area contributed by atoms with E-state index in [1.54, 1.807) is 0 Å². The number of carbonyl (C=O) groups is 1. The summed E-state index contributed by atoms with van der Waals surface area (Å²) in [5, 5.41) is 0. The highest BCUT2D eigenvalue weighted by molar-refractivity contribution is 6.17. The first-order valence-electron chi connectivity index (χ1n) is 4.65. The second kappa shape index (κ2) is 5.81. The van der Waals surface area contributed by atoms with E-state index in [1.165, 1.54) is 0 Å². The molecule has 1 aromatic rings. The Morgan fingerprint density at radius 1 is 1.33 bits per heavy atom. The Hall–Kier alpha value is -0.960. The minimum Gasteiger partial charge on any atom is -0.299 e. The monoisotopic (exact) mass is 232 g/mol. The van der Waals surface area contributed by atoms with Crippen LogP contribution in [0.25, 0.3) is 0 Å². The summed E-state index contributed by atoms with van der Waals surface area (Å²) in [6.07, 6.45) is 0.803. The molecule has 0 saturated heterocycles. The average Bonchev–Trinajstić information content (AvgIpc) is 2.20. The van der Waals surface area contributed by atoms with Crippen molar-refractivity contribution in [1.29, 1.82) is 0 Å². The van der Waals surface area contributed by atoms with Gasteiger partial charge in [0.05, 0.1) is 0 Å². The molecule has 0 heterocycles. The van der Waals surface area contributed by atoms with Crippen molar-refractivity contribution in [3.05, 3.63) is 35.4 Å². The normalized spacial score (nSPS) is 10.3. The third-order valence-electron chi connectivity index (χ3n) is 1.98. The minimum absolute atomic E-state index is 0.0690. The highest BCUT2D eigenvalue weighted by atomic mass is 35.5. The highest BCUT2D eigenvalue weighted by Crippen LogP contribution is 2.11. The maximum atomic E-state index is 13.1. The van der Waals surface area contributed by atoms with E-state index in [0.29, 0.717) is 18.7 Å². The molecule has 82 valence electrons.